The Labute approximate surface area is 163 Å². The van der Waals surface area contributed by atoms with Crippen molar-refractivity contribution in [1.82, 2.24) is 20.2 Å². The molecule has 12 heteroatoms. The highest BCUT2D eigenvalue weighted by Crippen LogP contribution is 2.41. The number of thiazole rings is 1. The van der Waals surface area contributed by atoms with Crippen LogP contribution in [0.25, 0.3) is 10.8 Å². The molecule has 0 N–H and O–H groups in total. The molecule has 148 valence electrons. The van der Waals surface area contributed by atoms with Gasteiger partial charge in [-0.3, -0.25) is 9.29 Å². The molecule has 0 unspecified atom stereocenters. The highest BCUT2D eigenvalue weighted by atomic mass is 32.2. The maximum atomic E-state index is 12.6. The van der Waals surface area contributed by atoms with Crippen LogP contribution in [0.1, 0.15) is 41.6 Å². The van der Waals surface area contributed by atoms with Crippen LogP contribution in [-0.4, -0.2) is 34.8 Å². The van der Waals surface area contributed by atoms with E-state index in [9.17, 15) is 17.2 Å². The lowest BCUT2D eigenvalue weighted by Gasteiger charge is -2.21. The minimum absolute atomic E-state index is 0.0187. The molecule has 0 aliphatic heterocycles. The van der Waals surface area contributed by atoms with Gasteiger partial charge >= 0.3 is 6.43 Å². The molecule has 1 aliphatic carbocycles. The Kier molecular flexibility index (Phi) is 4.83. The van der Waals surface area contributed by atoms with E-state index in [-0.39, 0.29) is 12.4 Å². The third kappa shape index (κ3) is 4.02. The van der Waals surface area contributed by atoms with E-state index in [1.54, 1.807) is 6.20 Å². The van der Waals surface area contributed by atoms with E-state index in [4.69, 9.17) is 4.42 Å². The second kappa shape index (κ2) is 7.17. The van der Waals surface area contributed by atoms with Gasteiger partial charge in [-0.25, -0.2) is 13.4 Å². The predicted molar refractivity (Wildman–Crippen MR) is 97.6 cm³/mol. The average Bonchev–Trinajstić information content (AvgIpc) is 3.18. The van der Waals surface area contributed by atoms with Crippen molar-refractivity contribution in [3.05, 3.63) is 41.1 Å². The molecule has 0 radical (unpaired) electrons. The van der Waals surface area contributed by atoms with E-state index in [1.165, 1.54) is 16.7 Å². The Morgan fingerprint density at radius 2 is 2.07 bits per heavy atom. The first kappa shape index (κ1) is 18.9. The van der Waals surface area contributed by atoms with Crippen molar-refractivity contribution in [2.45, 2.75) is 31.7 Å². The molecule has 0 bridgehead atoms. The number of sulfonamides is 1. The van der Waals surface area contributed by atoms with Crippen LogP contribution in [0.2, 0.25) is 0 Å². The number of rotatable bonds is 7. The van der Waals surface area contributed by atoms with Crippen LogP contribution in [0.4, 0.5) is 14.5 Å². The number of aromatic nitrogens is 4. The highest BCUT2D eigenvalue weighted by molar-refractivity contribution is 7.92. The van der Waals surface area contributed by atoms with Gasteiger partial charge in [-0.15, -0.1) is 21.5 Å². The quantitative estimate of drug-likeness (QED) is 0.570. The van der Waals surface area contributed by atoms with Crippen molar-refractivity contribution in [2.75, 3.05) is 10.6 Å². The molecule has 3 aromatic rings. The number of alkyl halides is 2. The first-order valence-corrected chi connectivity index (χ1v) is 11.0. The molecule has 0 spiro atoms. The van der Waals surface area contributed by atoms with Crippen LogP contribution >= 0.6 is 11.3 Å². The van der Waals surface area contributed by atoms with E-state index in [0.29, 0.717) is 21.5 Å². The molecule has 3 heterocycles. The summed E-state index contributed by atoms with van der Waals surface area (Å²) in [6, 6.07) is 1.83. The lowest BCUT2D eigenvalue weighted by molar-refractivity contribution is 0.116. The van der Waals surface area contributed by atoms with Gasteiger partial charge in [0.2, 0.25) is 10.0 Å². The summed E-state index contributed by atoms with van der Waals surface area (Å²) in [5.41, 5.74) is 1.47. The second-order valence-corrected chi connectivity index (χ2v) is 9.41. The monoisotopic (exact) mass is 427 g/mol. The normalized spacial score (nSPS) is 14.6. The minimum atomic E-state index is -3.59. The van der Waals surface area contributed by atoms with Gasteiger partial charge < -0.3 is 4.42 Å². The van der Waals surface area contributed by atoms with Crippen LogP contribution in [0.5, 0.6) is 0 Å². The lowest BCUT2D eigenvalue weighted by atomic mass is 10.2. The Hall–Kier alpha value is -2.47. The van der Waals surface area contributed by atoms with E-state index in [2.05, 4.69) is 20.2 Å². The Morgan fingerprint density at radius 1 is 1.29 bits per heavy atom. The fraction of sp³-hybridized carbons (Fsp3) is 0.375. The van der Waals surface area contributed by atoms with E-state index < -0.39 is 22.3 Å². The molecule has 0 amide bonds. The molecule has 8 nitrogen and oxygen atoms in total. The molecule has 1 fully saturated rings. The molecule has 0 atom stereocenters. The predicted octanol–water partition coefficient (Wildman–Crippen LogP) is 3.37. The van der Waals surface area contributed by atoms with Gasteiger partial charge in [-0.1, -0.05) is 0 Å². The maximum Gasteiger partial charge on any atom is 0.314 e. The zero-order chi connectivity index (χ0) is 19.9. The van der Waals surface area contributed by atoms with Gasteiger partial charge in [-0.05, 0) is 30.4 Å². The zero-order valence-electron chi connectivity index (χ0n) is 14.6. The lowest BCUT2D eigenvalue weighted by Crippen LogP contribution is -2.29. The van der Waals surface area contributed by atoms with Gasteiger partial charge in [0.25, 0.3) is 11.8 Å². The Balaban J connectivity index is 1.59. The summed E-state index contributed by atoms with van der Waals surface area (Å²) in [5, 5.41) is 7.31. The average molecular weight is 427 g/mol. The maximum absolute atomic E-state index is 12.6. The van der Waals surface area contributed by atoms with Gasteiger partial charge in [0.15, 0.2) is 0 Å². The molecular weight excluding hydrogens is 412 g/mol. The van der Waals surface area contributed by atoms with Crippen LogP contribution in [0.3, 0.4) is 0 Å². The van der Waals surface area contributed by atoms with E-state index in [0.717, 1.165) is 36.0 Å². The minimum Gasteiger partial charge on any atom is -0.414 e. The molecule has 0 saturated heterocycles. The summed E-state index contributed by atoms with van der Waals surface area (Å²) in [5.74, 6) is -0.421. The van der Waals surface area contributed by atoms with E-state index >= 15 is 0 Å². The second-order valence-electron chi connectivity index (χ2n) is 6.38. The van der Waals surface area contributed by atoms with E-state index in [1.807, 2.05) is 6.07 Å². The highest BCUT2D eigenvalue weighted by Gasteiger charge is 2.27. The van der Waals surface area contributed by atoms with Crippen molar-refractivity contribution >= 4 is 27.0 Å². The molecular formula is C16H15F2N5O3S2. The first-order valence-electron chi connectivity index (χ1n) is 8.30. The van der Waals surface area contributed by atoms with Crippen molar-refractivity contribution in [3.8, 4) is 10.8 Å². The van der Waals surface area contributed by atoms with Crippen LogP contribution < -0.4 is 4.31 Å². The van der Waals surface area contributed by atoms with Gasteiger partial charge in [0.1, 0.15) is 9.88 Å². The van der Waals surface area contributed by atoms with Crippen molar-refractivity contribution < 1.29 is 21.6 Å². The van der Waals surface area contributed by atoms with Gasteiger partial charge in [0.05, 0.1) is 30.9 Å². The summed E-state index contributed by atoms with van der Waals surface area (Å²) in [6.07, 6.45) is 5.03. The van der Waals surface area contributed by atoms with Crippen molar-refractivity contribution in [3.63, 3.8) is 0 Å². The fourth-order valence-corrected chi connectivity index (χ4v) is 4.40. The molecule has 1 aliphatic rings. The topological polar surface area (TPSA) is 102 Å². The summed E-state index contributed by atoms with van der Waals surface area (Å²) in [6.45, 7) is -0.0187. The summed E-state index contributed by atoms with van der Waals surface area (Å²) in [4.78, 5) is 8.72. The Morgan fingerprint density at radius 3 is 2.71 bits per heavy atom. The summed E-state index contributed by atoms with van der Waals surface area (Å²) < 4.78 is 56.0. The number of halogens is 2. The standard InChI is InChI=1S/C16H15F2N5O3S2/c1-28(24,25)23(11-4-10(5-19-6-11)9-2-3-9)8-13-20-7-12(27-13)15-21-22-16(26-15)14(17)18/h4-7,9,14H,2-3,8H2,1H3. The number of nitrogens with zero attached hydrogens (tertiary/aromatic N) is 5. The first-order chi connectivity index (χ1) is 13.3. The van der Waals surface area contributed by atoms with Crippen LogP contribution in [-0.2, 0) is 16.6 Å². The number of anilines is 1. The van der Waals surface area contributed by atoms with Gasteiger partial charge in [-0.2, -0.15) is 8.78 Å². The molecule has 3 aromatic heterocycles. The molecule has 0 aromatic carbocycles. The zero-order valence-corrected chi connectivity index (χ0v) is 16.3. The summed E-state index contributed by atoms with van der Waals surface area (Å²) in [7, 11) is -3.59. The van der Waals surface area contributed by atoms with Crippen molar-refractivity contribution in [1.29, 1.82) is 0 Å². The SMILES string of the molecule is CS(=O)(=O)N(Cc1ncc(-c2nnc(C(F)F)o2)s1)c1cncc(C2CC2)c1. The van der Waals surface area contributed by atoms with Crippen molar-refractivity contribution in [2.24, 2.45) is 0 Å². The van der Waals surface area contributed by atoms with Crippen LogP contribution in [0, 0.1) is 0 Å². The van der Waals surface area contributed by atoms with Gasteiger partial charge in [0, 0.05) is 6.20 Å². The summed E-state index contributed by atoms with van der Waals surface area (Å²) >= 11 is 1.09. The number of pyridine rings is 1. The molecule has 4 rings (SSSR count). The third-order valence-corrected chi connectivity index (χ3v) is 6.26. The smallest absolute Gasteiger partial charge is 0.314 e. The molecule has 28 heavy (non-hydrogen) atoms. The Bertz CT molecular complexity index is 1100. The third-order valence-electron chi connectivity index (χ3n) is 4.15. The number of hydrogen-bond donors (Lipinski definition) is 0. The number of hydrogen-bond acceptors (Lipinski definition) is 8. The van der Waals surface area contributed by atoms with Crippen LogP contribution in [0.15, 0.2) is 29.1 Å². The fourth-order valence-electron chi connectivity index (χ4n) is 2.65. The largest absolute Gasteiger partial charge is 0.414 e. The molecule has 1 saturated carbocycles.